The highest BCUT2D eigenvalue weighted by molar-refractivity contribution is 5.79. The second-order valence-electron chi connectivity index (χ2n) is 2.73. The van der Waals surface area contributed by atoms with Crippen molar-refractivity contribution >= 4 is 5.91 Å². The monoisotopic (exact) mass is 158 g/mol. The number of nitrogens with two attached hydrogens (primary N) is 1. The van der Waals surface area contributed by atoms with Crippen LogP contribution in [0.5, 0.6) is 0 Å². The molecule has 0 bridgehead atoms. The fraction of sp³-hybridized carbons (Fsp3) is 0.857. The summed E-state index contributed by atoms with van der Waals surface area (Å²) < 4.78 is 5.14. The maximum absolute atomic E-state index is 10.7. The minimum absolute atomic E-state index is 0.154. The minimum Gasteiger partial charge on any atom is -0.379 e. The van der Waals surface area contributed by atoms with Crippen LogP contribution >= 0.6 is 0 Å². The zero-order valence-electron chi connectivity index (χ0n) is 6.75. The number of morpholine rings is 1. The normalized spacial score (nSPS) is 23.0. The molecular weight excluding hydrogens is 144 g/mol. The lowest BCUT2D eigenvalue weighted by molar-refractivity contribution is -0.124. The van der Waals surface area contributed by atoms with Gasteiger partial charge in [0, 0.05) is 13.1 Å². The Morgan fingerprint density at radius 1 is 1.55 bits per heavy atom. The summed E-state index contributed by atoms with van der Waals surface area (Å²) in [5.41, 5.74) is 5.15. The second-order valence-corrected chi connectivity index (χ2v) is 2.73. The number of carbonyl (C=O) groups excluding carboxylic acids is 1. The van der Waals surface area contributed by atoms with Gasteiger partial charge in [-0.05, 0) is 6.92 Å². The third-order valence-corrected chi connectivity index (χ3v) is 2.01. The third-order valence-electron chi connectivity index (χ3n) is 2.01. The number of carbonyl (C=O) groups is 1. The Balaban J connectivity index is 2.38. The molecule has 1 heterocycles. The van der Waals surface area contributed by atoms with Crippen LogP contribution in [0.4, 0.5) is 0 Å². The summed E-state index contributed by atoms with van der Waals surface area (Å²) in [5, 5.41) is 0. The zero-order chi connectivity index (χ0) is 8.27. The summed E-state index contributed by atoms with van der Waals surface area (Å²) in [7, 11) is 0. The molecule has 0 saturated carbocycles. The van der Waals surface area contributed by atoms with Gasteiger partial charge in [0.15, 0.2) is 0 Å². The molecule has 11 heavy (non-hydrogen) atoms. The maximum Gasteiger partial charge on any atom is 0.234 e. The zero-order valence-corrected chi connectivity index (χ0v) is 6.75. The largest absolute Gasteiger partial charge is 0.379 e. The average Bonchev–Trinajstić information content (AvgIpc) is 2.05. The first kappa shape index (κ1) is 8.49. The van der Waals surface area contributed by atoms with E-state index in [2.05, 4.69) is 0 Å². The van der Waals surface area contributed by atoms with E-state index < -0.39 is 0 Å². The number of rotatable bonds is 2. The van der Waals surface area contributed by atoms with Gasteiger partial charge in [0.2, 0.25) is 5.91 Å². The Bertz CT molecular complexity index is 143. The number of ether oxygens (including phenoxy) is 1. The molecule has 0 aromatic rings. The molecule has 0 aliphatic carbocycles. The lowest BCUT2D eigenvalue weighted by Crippen LogP contribution is -2.48. The highest BCUT2D eigenvalue weighted by atomic mass is 16.5. The van der Waals surface area contributed by atoms with Crippen molar-refractivity contribution in [1.82, 2.24) is 4.90 Å². The predicted molar refractivity (Wildman–Crippen MR) is 41.0 cm³/mol. The molecule has 0 spiro atoms. The van der Waals surface area contributed by atoms with E-state index in [-0.39, 0.29) is 11.9 Å². The van der Waals surface area contributed by atoms with E-state index in [1.807, 2.05) is 11.8 Å². The molecule has 0 unspecified atom stereocenters. The fourth-order valence-corrected chi connectivity index (χ4v) is 1.14. The Hall–Kier alpha value is -0.610. The smallest absolute Gasteiger partial charge is 0.234 e. The van der Waals surface area contributed by atoms with Gasteiger partial charge in [-0.3, -0.25) is 9.69 Å². The van der Waals surface area contributed by atoms with Crippen molar-refractivity contribution in [2.75, 3.05) is 26.3 Å². The van der Waals surface area contributed by atoms with E-state index in [4.69, 9.17) is 10.5 Å². The van der Waals surface area contributed by atoms with Crippen LogP contribution in [0, 0.1) is 0 Å². The molecule has 0 radical (unpaired) electrons. The van der Waals surface area contributed by atoms with Gasteiger partial charge in [-0.1, -0.05) is 0 Å². The van der Waals surface area contributed by atoms with Gasteiger partial charge in [0.1, 0.15) is 0 Å². The van der Waals surface area contributed by atoms with E-state index in [1.54, 1.807) is 0 Å². The van der Waals surface area contributed by atoms with Crippen LogP contribution in [0.1, 0.15) is 6.92 Å². The van der Waals surface area contributed by atoms with Crippen LogP contribution < -0.4 is 5.73 Å². The third kappa shape index (κ3) is 2.17. The number of hydrogen-bond acceptors (Lipinski definition) is 3. The summed E-state index contributed by atoms with van der Waals surface area (Å²) in [6.45, 7) is 4.86. The SMILES string of the molecule is C[C@H](C(N)=O)N1CCOCC1. The number of hydrogen-bond donors (Lipinski definition) is 1. The molecule has 4 nitrogen and oxygen atoms in total. The Morgan fingerprint density at radius 2 is 2.09 bits per heavy atom. The van der Waals surface area contributed by atoms with Gasteiger partial charge >= 0.3 is 0 Å². The first-order chi connectivity index (χ1) is 5.22. The fourth-order valence-electron chi connectivity index (χ4n) is 1.14. The Kier molecular flexibility index (Phi) is 2.84. The molecule has 0 aromatic carbocycles. The summed E-state index contributed by atoms with van der Waals surface area (Å²) in [4.78, 5) is 12.8. The van der Waals surface area contributed by atoms with Gasteiger partial charge in [0.25, 0.3) is 0 Å². The van der Waals surface area contributed by atoms with Gasteiger partial charge in [-0.2, -0.15) is 0 Å². The minimum atomic E-state index is -0.257. The van der Waals surface area contributed by atoms with Crippen LogP contribution in [0.25, 0.3) is 0 Å². The van der Waals surface area contributed by atoms with Crippen LogP contribution in [0.3, 0.4) is 0 Å². The van der Waals surface area contributed by atoms with Crippen molar-refractivity contribution in [2.24, 2.45) is 5.73 Å². The molecule has 1 aliphatic heterocycles. The molecule has 1 rings (SSSR count). The molecule has 1 aliphatic rings. The van der Waals surface area contributed by atoms with Crippen molar-refractivity contribution in [2.45, 2.75) is 13.0 Å². The lowest BCUT2D eigenvalue weighted by Gasteiger charge is -2.30. The predicted octanol–water partition coefficient (Wildman–Crippen LogP) is -0.808. The van der Waals surface area contributed by atoms with E-state index in [0.29, 0.717) is 13.2 Å². The highest BCUT2D eigenvalue weighted by Gasteiger charge is 2.20. The number of nitrogens with zero attached hydrogens (tertiary/aromatic N) is 1. The van der Waals surface area contributed by atoms with Gasteiger partial charge < -0.3 is 10.5 Å². The summed E-state index contributed by atoms with van der Waals surface area (Å²) in [6, 6.07) is -0.154. The molecule has 0 aromatic heterocycles. The lowest BCUT2D eigenvalue weighted by atomic mass is 10.2. The van der Waals surface area contributed by atoms with Crippen molar-refractivity contribution in [3.8, 4) is 0 Å². The van der Waals surface area contributed by atoms with E-state index >= 15 is 0 Å². The van der Waals surface area contributed by atoms with Gasteiger partial charge in [0.05, 0.1) is 19.3 Å². The average molecular weight is 158 g/mol. The molecule has 1 saturated heterocycles. The molecule has 1 atom stereocenters. The molecular formula is C7H14N2O2. The Morgan fingerprint density at radius 3 is 2.55 bits per heavy atom. The highest BCUT2D eigenvalue weighted by Crippen LogP contribution is 2.01. The molecule has 2 N–H and O–H groups in total. The molecule has 1 amide bonds. The van der Waals surface area contributed by atoms with Crippen molar-refractivity contribution in [3.63, 3.8) is 0 Å². The molecule has 1 fully saturated rings. The Labute approximate surface area is 66.3 Å². The van der Waals surface area contributed by atoms with Crippen LogP contribution in [-0.2, 0) is 9.53 Å². The topological polar surface area (TPSA) is 55.6 Å². The number of amides is 1. The van der Waals surface area contributed by atoms with Gasteiger partial charge in [-0.25, -0.2) is 0 Å². The van der Waals surface area contributed by atoms with E-state index in [9.17, 15) is 4.79 Å². The molecule has 4 heteroatoms. The summed E-state index contributed by atoms with van der Waals surface area (Å²) in [6.07, 6.45) is 0. The van der Waals surface area contributed by atoms with Gasteiger partial charge in [-0.15, -0.1) is 0 Å². The van der Waals surface area contributed by atoms with Crippen LogP contribution in [0.2, 0.25) is 0 Å². The first-order valence-corrected chi connectivity index (χ1v) is 3.83. The molecule has 64 valence electrons. The summed E-state index contributed by atoms with van der Waals surface area (Å²) in [5.74, 6) is -0.257. The maximum atomic E-state index is 10.7. The standard InChI is InChI=1S/C7H14N2O2/c1-6(7(8)10)9-2-4-11-5-3-9/h6H,2-5H2,1H3,(H2,8,10)/t6-/m1/s1. The number of primary amides is 1. The quantitative estimate of drug-likeness (QED) is 0.572. The van der Waals surface area contributed by atoms with Crippen molar-refractivity contribution in [1.29, 1.82) is 0 Å². The van der Waals surface area contributed by atoms with E-state index in [0.717, 1.165) is 13.1 Å². The summed E-state index contributed by atoms with van der Waals surface area (Å²) >= 11 is 0. The van der Waals surface area contributed by atoms with Crippen LogP contribution in [-0.4, -0.2) is 43.2 Å². The van der Waals surface area contributed by atoms with Crippen molar-refractivity contribution < 1.29 is 9.53 Å². The first-order valence-electron chi connectivity index (χ1n) is 3.83. The van der Waals surface area contributed by atoms with E-state index in [1.165, 1.54) is 0 Å². The second kappa shape index (κ2) is 3.69. The van der Waals surface area contributed by atoms with Crippen molar-refractivity contribution in [3.05, 3.63) is 0 Å². The van der Waals surface area contributed by atoms with Crippen LogP contribution in [0.15, 0.2) is 0 Å².